The molecule has 0 saturated heterocycles. The lowest BCUT2D eigenvalue weighted by molar-refractivity contribution is 0.103. The third-order valence-electron chi connectivity index (χ3n) is 4.41. The Morgan fingerprint density at radius 2 is 1.58 bits per heavy atom. The fraction of sp³-hybridized carbons (Fsp3) is 0.273. The van der Waals surface area contributed by atoms with E-state index in [1.165, 1.54) is 0 Å². The van der Waals surface area contributed by atoms with E-state index in [4.69, 9.17) is 4.42 Å². The first-order chi connectivity index (χ1) is 12.4. The van der Waals surface area contributed by atoms with Crippen molar-refractivity contribution in [2.75, 3.05) is 4.90 Å². The highest BCUT2D eigenvalue weighted by atomic mass is 16.4. The number of fused-ring (bicyclic) bond motifs is 1. The molecule has 0 aliphatic rings. The Kier molecular flexibility index (Phi) is 4.94. The van der Waals surface area contributed by atoms with E-state index >= 15 is 0 Å². The van der Waals surface area contributed by atoms with Gasteiger partial charge < -0.3 is 9.32 Å². The fourth-order valence-corrected chi connectivity index (χ4v) is 3.36. The lowest BCUT2D eigenvalue weighted by atomic mass is 10.0. The highest BCUT2D eigenvalue weighted by Crippen LogP contribution is 2.25. The first-order valence-corrected chi connectivity index (χ1v) is 8.84. The van der Waals surface area contributed by atoms with Gasteiger partial charge in [0.05, 0.1) is 0 Å². The van der Waals surface area contributed by atoms with Crippen molar-refractivity contribution < 1.29 is 9.21 Å². The zero-order valence-corrected chi connectivity index (χ0v) is 15.5. The van der Waals surface area contributed by atoms with Crippen molar-refractivity contribution in [2.24, 2.45) is 0 Å². The van der Waals surface area contributed by atoms with Gasteiger partial charge in [-0.1, -0.05) is 30.3 Å². The van der Waals surface area contributed by atoms with Crippen LogP contribution in [0.2, 0.25) is 0 Å². The van der Waals surface area contributed by atoms with Crippen molar-refractivity contribution in [1.82, 2.24) is 0 Å². The highest BCUT2D eigenvalue weighted by Gasteiger charge is 2.18. The second-order valence-electron chi connectivity index (χ2n) is 6.96. The lowest BCUT2D eigenvalue weighted by Gasteiger charge is -2.33. The van der Waals surface area contributed by atoms with Crippen molar-refractivity contribution in [3.8, 4) is 0 Å². The van der Waals surface area contributed by atoms with Gasteiger partial charge in [-0.3, -0.25) is 4.79 Å². The van der Waals surface area contributed by atoms with Crippen LogP contribution in [-0.2, 0) is 0 Å². The van der Waals surface area contributed by atoms with Gasteiger partial charge in [0.1, 0.15) is 11.1 Å². The minimum absolute atomic E-state index is 0.0565. The largest absolute Gasteiger partial charge is 0.422 e. The van der Waals surface area contributed by atoms with Gasteiger partial charge in [-0.15, -0.1) is 0 Å². The molecule has 0 saturated carbocycles. The minimum Gasteiger partial charge on any atom is -0.422 e. The van der Waals surface area contributed by atoms with Crippen LogP contribution in [0.3, 0.4) is 0 Å². The number of hydrogen-bond acceptors (Lipinski definition) is 4. The maximum atomic E-state index is 12.6. The predicted molar refractivity (Wildman–Crippen MR) is 105 cm³/mol. The summed E-state index contributed by atoms with van der Waals surface area (Å²) in [4.78, 5) is 27.2. The molecular weight excluding hydrogens is 326 g/mol. The second kappa shape index (κ2) is 7.16. The quantitative estimate of drug-likeness (QED) is 0.497. The molecule has 2 aromatic carbocycles. The zero-order valence-electron chi connectivity index (χ0n) is 15.5. The van der Waals surface area contributed by atoms with Crippen LogP contribution in [0.4, 0.5) is 5.69 Å². The monoisotopic (exact) mass is 349 g/mol. The molecule has 1 heterocycles. The standard InChI is InChI=1S/C22H23NO3/c1-14(2)23(15(3)4)18-11-10-17-12-19(22(25)26-20(17)13-18)21(24)16-8-6-5-7-9-16/h5-15H,1-4H3. The van der Waals surface area contributed by atoms with Crippen LogP contribution in [0.15, 0.2) is 63.8 Å². The summed E-state index contributed by atoms with van der Waals surface area (Å²) in [7, 11) is 0. The smallest absolute Gasteiger partial charge is 0.347 e. The molecule has 26 heavy (non-hydrogen) atoms. The summed E-state index contributed by atoms with van der Waals surface area (Å²) in [5, 5.41) is 0.736. The molecule has 0 unspecified atom stereocenters. The number of ketones is 1. The second-order valence-corrected chi connectivity index (χ2v) is 6.96. The van der Waals surface area contributed by atoms with E-state index < -0.39 is 5.63 Å². The fourth-order valence-electron chi connectivity index (χ4n) is 3.36. The predicted octanol–water partition coefficient (Wildman–Crippen LogP) is 4.65. The Bertz CT molecular complexity index is 979. The molecule has 3 rings (SSSR count). The zero-order chi connectivity index (χ0) is 18.8. The Hall–Kier alpha value is -2.88. The number of benzene rings is 2. The molecule has 0 amide bonds. The number of rotatable bonds is 5. The van der Waals surface area contributed by atoms with E-state index in [1.54, 1.807) is 30.3 Å². The average molecular weight is 349 g/mol. The van der Waals surface area contributed by atoms with Gasteiger partial charge in [0.2, 0.25) is 0 Å². The summed E-state index contributed by atoms with van der Waals surface area (Å²) in [6.45, 7) is 8.51. The summed E-state index contributed by atoms with van der Waals surface area (Å²) >= 11 is 0. The van der Waals surface area contributed by atoms with E-state index in [-0.39, 0.29) is 11.3 Å². The third kappa shape index (κ3) is 3.40. The van der Waals surface area contributed by atoms with Crippen molar-refractivity contribution >= 4 is 22.4 Å². The lowest BCUT2D eigenvalue weighted by Crippen LogP contribution is -2.36. The van der Waals surface area contributed by atoms with E-state index in [0.717, 1.165) is 11.1 Å². The number of carbonyl (C=O) groups is 1. The summed E-state index contributed by atoms with van der Waals surface area (Å²) in [5.74, 6) is -0.323. The van der Waals surface area contributed by atoms with Crippen LogP contribution in [-0.4, -0.2) is 17.9 Å². The number of hydrogen-bond donors (Lipinski definition) is 0. The van der Waals surface area contributed by atoms with Gasteiger partial charge in [-0.05, 0) is 45.9 Å². The molecule has 0 bridgehead atoms. The highest BCUT2D eigenvalue weighted by molar-refractivity contribution is 6.09. The summed E-state index contributed by atoms with van der Waals surface area (Å²) < 4.78 is 5.48. The summed E-state index contributed by atoms with van der Waals surface area (Å²) in [6, 6.07) is 16.8. The van der Waals surface area contributed by atoms with Crippen LogP contribution < -0.4 is 10.5 Å². The van der Waals surface area contributed by atoms with Gasteiger partial charge in [0.25, 0.3) is 0 Å². The van der Waals surface area contributed by atoms with E-state index in [2.05, 4.69) is 32.6 Å². The number of nitrogens with zero attached hydrogens (tertiary/aromatic N) is 1. The normalized spacial score (nSPS) is 11.3. The van der Waals surface area contributed by atoms with Gasteiger partial charge in [-0.25, -0.2) is 4.79 Å². The first kappa shape index (κ1) is 17.9. The molecular formula is C22H23NO3. The molecule has 0 spiro atoms. The molecule has 0 aliphatic heterocycles. The Morgan fingerprint density at radius 3 is 2.19 bits per heavy atom. The molecule has 3 aromatic rings. The molecule has 0 radical (unpaired) electrons. The molecule has 0 atom stereocenters. The van der Waals surface area contributed by atoms with E-state index in [0.29, 0.717) is 23.2 Å². The van der Waals surface area contributed by atoms with Crippen LogP contribution in [0, 0.1) is 0 Å². The molecule has 0 aliphatic carbocycles. The van der Waals surface area contributed by atoms with Crippen LogP contribution in [0.25, 0.3) is 11.0 Å². The van der Waals surface area contributed by atoms with Crippen molar-refractivity contribution in [3.63, 3.8) is 0 Å². The maximum absolute atomic E-state index is 12.6. The van der Waals surface area contributed by atoms with E-state index in [9.17, 15) is 9.59 Å². The van der Waals surface area contributed by atoms with Gasteiger partial charge in [0, 0.05) is 34.8 Å². The van der Waals surface area contributed by atoms with Crippen molar-refractivity contribution in [1.29, 1.82) is 0 Å². The first-order valence-electron chi connectivity index (χ1n) is 8.84. The molecule has 134 valence electrons. The third-order valence-corrected chi connectivity index (χ3v) is 4.41. The molecule has 0 fully saturated rings. The molecule has 1 aromatic heterocycles. The molecule has 4 nitrogen and oxygen atoms in total. The van der Waals surface area contributed by atoms with Crippen LogP contribution in [0.1, 0.15) is 43.6 Å². The van der Waals surface area contributed by atoms with Gasteiger partial charge >= 0.3 is 5.63 Å². The Balaban J connectivity index is 2.07. The van der Waals surface area contributed by atoms with Gasteiger partial charge in [-0.2, -0.15) is 0 Å². The van der Waals surface area contributed by atoms with Gasteiger partial charge in [0.15, 0.2) is 5.78 Å². The van der Waals surface area contributed by atoms with Crippen molar-refractivity contribution in [2.45, 2.75) is 39.8 Å². The van der Waals surface area contributed by atoms with Crippen LogP contribution in [0.5, 0.6) is 0 Å². The minimum atomic E-state index is -0.607. The Morgan fingerprint density at radius 1 is 0.923 bits per heavy atom. The topological polar surface area (TPSA) is 50.5 Å². The summed E-state index contributed by atoms with van der Waals surface area (Å²) in [6.07, 6.45) is 0. The number of carbonyl (C=O) groups excluding carboxylic acids is 1. The summed E-state index contributed by atoms with van der Waals surface area (Å²) in [5.41, 5.74) is 1.41. The molecule has 0 N–H and O–H groups in total. The van der Waals surface area contributed by atoms with E-state index in [1.807, 2.05) is 24.3 Å². The maximum Gasteiger partial charge on any atom is 0.347 e. The SMILES string of the molecule is CC(C)N(c1ccc2cc(C(=O)c3ccccc3)c(=O)oc2c1)C(C)C. The van der Waals surface area contributed by atoms with Crippen LogP contribution >= 0.6 is 0 Å². The number of anilines is 1. The Labute approximate surface area is 153 Å². The molecule has 4 heteroatoms. The average Bonchev–Trinajstić information content (AvgIpc) is 2.60. The van der Waals surface area contributed by atoms with Crippen molar-refractivity contribution in [3.05, 3.63) is 76.1 Å².